The summed E-state index contributed by atoms with van der Waals surface area (Å²) in [5.74, 6) is 1.17. The molecule has 0 aliphatic heterocycles. The SMILES string of the molecule is COc1cc(C=NOCC(=O)Nc2ccccc2-c2ccccc2)cc(OC)c1OC. The Morgan fingerprint density at radius 2 is 1.55 bits per heavy atom. The maximum atomic E-state index is 12.3. The number of oxime groups is 1. The summed E-state index contributed by atoms with van der Waals surface area (Å²) in [4.78, 5) is 17.5. The van der Waals surface area contributed by atoms with E-state index in [1.165, 1.54) is 27.5 Å². The fraction of sp³-hybridized carbons (Fsp3) is 0.167. The van der Waals surface area contributed by atoms with Gasteiger partial charge in [0.25, 0.3) is 5.91 Å². The van der Waals surface area contributed by atoms with Gasteiger partial charge in [0.05, 0.1) is 27.5 Å². The molecule has 3 rings (SSSR count). The molecular formula is C24H24N2O5. The van der Waals surface area contributed by atoms with E-state index >= 15 is 0 Å². The number of methoxy groups -OCH3 is 3. The summed E-state index contributed by atoms with van der Waals surface area (Å²) in [7, 11) is 4.60. The van der Waals surface area contributed by atoms with E-state index in [2.05, 4.69) is 10.5 Å². The van der Waals surface area contributed by atoms with Crippen LogP contribution in [-0.2, 0) is 9.63 Å². The topological polar surface area (TPSA) is 78.4 Å². The standard InChI is InChI=1S/C24H24N2O5/c1-28-21-13-17(14-22(29-2)24(21)30-3)15-25-31-16-23(27)26-20-12-8-7-11-19(20)18-9-5-4-6-10-18/h4-15H,16H2,1-3H3,(H,26,27). The first-order valence-electron chi connectivity index (χ1n) is 9.56. The van der Waals surface area contributed by atoms with Gasteiger partial charge >= 0.3 is 0 Å². The van der Waals surface area contributed by atoms with Crippen LogP contribution in [0.3, 0.4) is 0 Å². The third-order valence-corrected chi connectivity index (χ3v) is 4.44. The Balaban J connectivity index is 1.62. The molecule has 7 heteroatoms. The average Bonchev–Trinajstić information content (AvgIpc) is 2.82. The first-order valence-corrected chi connectivity index (χ1v) is 9.56. The van der Waals surface area contributed by atoms with Gasteiger partial charge in [-0.2, -0.15) is 0 Å². The summed E-state index contributed by atoms with van der Waals surface area (Å²) in [6.45, 7) is -0.232. The van der Waals surface area contributed by atoms with Gasteiger partial charge in [-0.15, -0.1) is 0 Å². The van der Waals surface area contributed by atoms with E-state index in [1.54, 1.807) is 12.1 Å². The summed E-state index contributed by atoms with van der Waals surface area (Å²) in [5.41, 5.74) is 3.32. The first kappa shape index (κ1) is 21.7. The van der Waals surface area contributed by atoms with Crippen LogP contribution in [0, 0.1) is 0 Å². The first-order chi connectivity index (χ1) is 15.2. The van der Waals surface area contributed by atoms with Gasteiger partial charge in [-0.3, -0.25) is 4.79 Å². The summed E-state index contributed by atoms with van der Waals surface area (Å²) in [6.07, 6.45) is 1.47. The van der Waals surface area contributed by atoms with Gasteiger partial charge in [0, 0.05) is 16.8 Å². The predicted molar refractivity (Wildman–Crippen MR) is 120 cm³/mol. The smallest absolute Gasteiger partial charge is 0.265 e. The number of hydrogen-bond acceptors (Lipinski definition) is 6. The van der Waals surface area contributed by atoms with Crippen LogP contribution in [0.25, 0.3) is 11.1 Å². The Hall–Kier alpha value is -4.00. The normalized spacial score (nSPS) is 10.5. The number of rotatable bonds is 9. The molecule has 0 aliphatic carbocycles. The monoisotopic (exact) mass is 420 g/mol. The Morgan fingerprint density at radius 1 is 0.903 bits per heavy atom. The number of anilines is 1. The average molecular weight is 420 g/mol. The van der Waals surface area contributed by atoms with Crippen LogP contribution in [0.15, 0.2) is 71.9 Å². The summed E-state index contributed by atoms with van der Waals surface area (Å²) < 4.78 is 15.9. The van der Waals surface area contributed by atoms with Crippen LogP contribution < -0.4 is 19.5 Å². The van der Waals surface area contributed by atoms with Gasteiger partial charge < -0.3 is 24.4 Å². The minimum Gasteiger partial charge on any atom is -0.493 e. The highest BCUT2D eigenvalue weighted by atomic mass is 16.6. The van der Waals surface area contributed by atoms with Crippen LogP contribution in [0.5, 0.6) is 17.2 Å². The molecule has 1 amide bonds. The maximum absolute atomic E-state index is 12.3. The van der Waals surface area contributed by atoms with Crippen molar-refractivity contribution in [1.82, 2.24) is 0 Å². The van der Waals surface area contributed by atoms with Crippen molar-refractivity contribution < 1.29 is 23.8 Å². The summed E-state index contributed by atoms with van der Waals surface area (Å²) in [6, 6.07) is 20.9. The number of ether oxygens (including phenoxy) is 3. The Kier molecular flexibility index (Phi) is 7.48. The summed E-state index contributed by atoms with van der Waals surface area (Å²) in [5, 5.41) is 6.74. The van der Waals surface area contributed by atoms with E-state index in [-0.39, 0.29) is 12.5 Å². The molecule has 3 aromatic carbocycles. The van der Waals surface area contributed by atoms with Crippen LogP contribution in [0.4, 0.5) is 5.69 Å². The van der Waals surface area contributed by atoms with E-state index in [0.717, 1.165) is 11.1 Å². The molecule has 0 aromatic heterocycles. The Labute approximate surface area is 181 Å². The zero-order valence-corrected chi connectivity index (χ0v) is 17.6. The highest BCUT2D eigenvalue weighted by Crippen LogP contribution is 2.37. The molecule has 1 N–H and O–H groups in total. The fourth-order valence-electron chi connectivity index (χ4n) is 3.02. The molecule has 0 saturated carbocycles. The van der Waals surface area contributed by atoms with E-state index in [9.17, 15) is 4.79 Å². The number of amides is 1. The molecule has 7 nitrogen and oxygen atoms in total. The van der Waals surface area contributed by atoms with Gasteiger partial charge in [-0.1, -0.05) is 53.7 Å². The lowest BCUT2D eigenvalue weighted by molar-refractivity contribution is -0.120. The molecule has 0 heterocycles. The van der Waals surface area contributed by atoms with Crippen molar-refractivity contribution in [2.45, 2.75) is 0 Å². The highest BCUT2D eigenvalue weighted by molar-refractivity contribution is 5.96. The lowest BCUT2D eigenvalue weighted by Crippen LogP contribution is -2.17. The number of para-hydroxylation sites is 1. The molecule has 0 unspecified atom stereocenters. The number of carbonyl (C=O) groups is 1. The number of carbonyl (C=O) groups excluding carboxylic acids is 1. The van der Waals surface area contributed by atoms with Crippen molar-refractivity contribution in [3.63, 3.8) is 0 Å². The van der Waals surface area contributed by atoms with Crippen molar-refractivity contribution in [3.8, 4) is 28.4 Å². The highest BCUT2D eigenvalue weighted by Gasteiger charge is 2.12. The van der Waals surface area contributed by atoms with Crippen LogP contribution in [-0.4, -0.2) is 40.1 Å². The van der Waals surface area contributed by atoms with Crippen molar-refractivity contribution in [1.29, 1.82) is 0 Å². The van der Waals surface area contributed by atoms with Gasteiger partial charge in [-0.25, -0.2) is 0 Å². The fourth-order valence-corrected chi connectivity index (χ4v) is 3.02. The van der Waals surface area contributed by atoms with Crippen molar-refractivity contribution in [2.24, 2.45) is 5.16 Å². The van der Waals surface area contributed by atoms with Crippen LogP contribution in [0.1, 0.15) is 5.56 Å². The van der Waals surface area contributed by atoms with E-state index in [1.807, 2.05) is 54.6 Å². The summed E-state index contributed by atoms with van der Waals surface area (Å²) >= 11 is 0. The second-order valence-corrected chi connectivity index (χ2v) is 6.43. The quantitative estimate of drug-likeness (QED) is 0.411. The van der Waals surface area contributed by atoms with Gasteiger partial charge in [-0.05, 0) is 23.8 Å². The Morgan fingerprint density at radius 3 is 2.19 bits per heavy atom. The Bertz CT molecular complexity index is 1030. The van der Waals surface area contributed by atoms with E-state index in [0.29, 0.717) is 28.5 Å². The van der Waals surface area contributed by atoms with E-state index in [4.69, 9.17) is 19.0 Å². The molecule has 0 aliphatic rings. The minimum atomic E-state index is -0.314. The molecule has 0 fully saturated rings. The lowest BCUT2D eigenvalue weighted by Gasteiger charge is -2.12. The zero-order chi connectivity index (χ0) is 22.1. The third kappa shape index (κ3) is 5.54. The largest absolute Gasteiger partial charge is 0.493 e. The molecule has 0 bridgehead atoms. The number of nitrogens with zero attached hydrogens (tertiary/aromatic N) is 1. The number of nitrogens with one attached hydrogen (secondary N) is 1. The van der Waals surface area contributed by atoms with Crippen molar-refractivity contribution in [3.05, 3.63) is 72.3 Å². The molecule has 3 aromatic rings. The van der Waals surface area contributed by atoms with E-state index < -0.39 is 0 Å². The third-order valence-electron chi connectivity index (χ3n) is 4.44. The van der Waals surface area contributed by atoms with Gasteiger partial charge in [0.1, 0.15) is 0 Å². The van der Waals surface area contributed by atoms with Gasteiger partial charge in [0.2, 0.25) is 5.75 Å². The molecule has 0 radical (unpaired) electrons. The molecular weight excluding hydrogens is 396 g/mol. The number of benzene rings is 3. The van der Waals surface area contributed by atoms with Crippen LogP contribution in [0.2, 0.25) is 0 Å². The second kappa shape index (κ2) is 10.7. The molecule has 0 atom stereocenters. The van der Waals surface area contributed by atoms with Crippen LogP contribution >= 0.6 is 0 Å². The second-order valence-electron chi connectivity index (χ2n) is 6.43. The molecule has 0 saturated heterocycles. The van der Waals surface area contributed by atoms with Gasteiger partial charge in [0.15, 0.2) is 18.1 Å². The lowest BCUT2D eigenvalue weighted by atomic mass is 10.0. The van der Waals surface area contributed by atoms with Crippen molar-refractivity contribution in [2.75, 3.05) is 33.3 Å². The molecule has 0 spiro atoms. The zero-order valence-electron chi connectivity index (χ0n) is 17.6. The maximum Gasteiger partial charge on any atom is 0.265 e. The number of hydrogen-bond donors (Lipinski definition) is 1. The van der Waals surface area contributed by atoms with Crippen molar-refractivity contribution >= 4 is 17.8 Å². The minimum absolute atomic E-state index is 0.232. The molecule has 31 heavy (non-hydrogen) atoms. The predicted octanol–water partition coefficient (Wildman–Crippen LogP) is 4.37. The molecule has 160 valence electrons.